The standard InChI is InChI=1S/C7H11N3/c1-3-4-7-8-5-6(2)9-10-7/h5H,3-4H2,1-2H3. The summed E-state index contributed by atoms with van der Waals surface area (Å²) in [5.74, 6) is 0.841. The molecule has 0 aromatic carbocycles. The average Bonchev–Trinajstić information content (AvgIpc) is 1.95. The summed E-state index contributed by atoms with van der Waals surface area (Å²) in [7, 11) is 0. The van der Waals surface area contributed by atoms with Gasteiger partial charge >= 0.3 is 0 Å². The monoisotopic (exact) mass is 137 g/mol. The molecule has 3 heteroatoms. The molecule has 54 valence electrons. The molecule has 0 spiro atoms. The van der Waals surface area contributed by atoms with Crippen LogP contribution >= 0.6 is 0 Å². The Labute approximate surface area is 60.5 Å². The van der Waals surface area contributed by atoms with Crippen LogP contribution < -0.4 is 0 Å². The molecule has 1 aromatic heterocycles. The lowest BCUT2D eigenvalue weighted by Gasteiger charge is -1.93. The van der Waals surface area contributed by atoms with Gasteiger partial charge in [-0.1, -0.05) is 6.92 Å². The molecule has 0 saturated heterocycles. The van der Waals surface area contributed by atoms with Crippen molar-refractivity contribution in [3.63, 3.8) is 0 Å². The highest BCUT2D eigenvalue weighted by molar-refractivity contribution is 4.90. The molecular weight excluding hydrogens is 126 g/mol. The minimum Gasteiger partial charge on any atom is -0.238 e. The Morgan fingerprint density at radius 3 is 2.70 bits per heavy atom. The lowest BCUT2D eigenvalue weighted by atomic mass is 10.3. The highest BCUT2D eigenvalue weighted by Crippen LogP contribution is 1.92. The summed E-state index contributed by atoms with van der Waals surface area (Å²) in [5.41, 5.74) is 0.875. The van der Waals surface area contributed by atoms with Gasteiger partial charge in [-0.25, -0.2) is 4.98 Å². The average molecular weight is 137 g/mol. The van der Waals surface area contributed by atoms with Crippen molar-refractivity contribution in [3.8, 4) is 0 Å². The van der Waals surface area contributed by atoms with Crippen molar-refractivity contribution in [1.29, 1.82) is 0 Å². The minimum absolute atomic E-state index is 0.841. The molecule has 3 nitrogen and oxygen atoms in total. The van der Waals surface area contributed by atoms with Gasteiger partial charge in [0.05, 0.1) is 11.9 Å². The summed E-state index contributed by atoms with van der Waals surface area (Å²) in [5, 5.41) is 7.79. The molecule has 1 heterocycles. The van der Waals surface area contributed by atoms with Gasteiger partial charge in [-0.05, 0) is 13.3 Å². The topological polar surface area (TPSA) is 38.7 Å². The molecule has 0 N–H and O–H groups in total. The van der Waals surface area contributed by atoms with Crippen LogP contribution in [0.25, 0.3) is 0 Å². The van der Waals surface area contributed by atoms with E-state index in [1.165, 1.54) is 0 Å². The molecule has 1 rings (SSSR count). The fourth-order valence-corrected chi connectivity index (χ4v) is 0.694. The molecule has 0 aliphatic carbocycles. The van der Waals surface area contributed by atoms with E-state index in [1.807, 2.05) is 6.92 Å². The lowest BCUT2D eigenvalue weighted by molar-refractivity contribution is 0.774. The number of nitrogens with zero attached hydrogens (tertiary/aromatic N) is 3. The SMILES string of the molecule is CCCc1ncc(C)nn1. The van der Waals surface area contributed by atoms with E-state index in [1.54, 1.807) is 6.20 Å². The van der Waals surface area contributed by atoms with Crippen molar-refractivity contribution in [3.05, 3.63) is 17.7 Å². The zero-order valence-electron chi connectivity index (χ0n) is 6.33. The van der Waals surface area contributed by atoms with E-state index in [2.05, 4.69) is 22.1 Å². The minimum atomic E-state index is 0.841. The fraction of sp³-hybridized carbons (Fsp3) is 0.571. The Hall–Kier alpha value is -0.990. The van der Waals surface area contributed by atoms with Crippen LogP contribution in [0.15, 0.2) is 6.20 Å². The van der Waals surface area contributed by atoms with Gasteiger partial charge in [0.2, 0.25) is 0 Å². The Bertz CT molecular complexity index is 193. The molecule has 0 unspecified atom stereocenters. The first-order valence-corrected chi connectivity index (χ1v) is 3.48. The van der Waals surface area contributed by atoms with Crippen molar-refractivity contribution in [2.45, 2.75) is 26.7 Å². The highest BCUT2D eigenvalue weighted by atomic mass is 15.1. The van der Waals surface area contributed by atoms with Crippen LogP contribution in [0.1, 0.15) is 24.9 Å². The van der Waals surface area contributed by atoms with Crippen LogP contribution in [0, 0.1) is 6.92 Å². The maximum atomic E-state index is 4.09. The van der Waals surface area contributed by atoms with Gasteiger partial charge in [0, 0.05) is 6.42 Å². The predicted octanol–water partition coefficient (Wildman–Crippen LogP) is 1.13. The molecule has 10 heavy (non-hydrogen) atoms. The van der Waals surface area contributed by atoms with Crippen LogP contribution in [0.3, 0.4) is 0 Å². The third-order valence-electron chi connectivity index (χ3n) is 1.20. The second-order valence-corrected chi connectivity index (χ2v) is 2.27. The second-order valence-electron chi connectivity index (χ2n) is 2.27. The molecule has 0 radical (unpaired) electrons. The predicted molar refractivity (Wildman–Crippen MR) is 38.6 cm³/mol. The smallest absolute Gasteiger partial charge is 0.150 e. The van der Waals surface area contributed by atoms with Crippen molar-refractivity contribution < 1.29 is 0 Å². The Kier molecular flexibility index (Phi) is 2.31. The van der Waals surface area contributed by atoms with Gasteiger partial charge < -0.3 is 0 Å². The molecule has 0 atom stereocenters. The summed E-state index contributed by atoms with van der Waals surface area (Å²) >= 11 is 0. The molecule has 0 fully saturated rings. The van der Waals surface area contributed by atoms with E-state index < -0.39 is 0 Å². The van der Waals surface area contributed by atoms with Crippen molar-refractivity contribution in [1.82, 2.24) is 15.2 Å². The van der Waals surface area contributed by atoms with E-state index in [0.29, 0.717) is 0 Å². The quantitative estimate of drug-likeness (QED) is 0.613. The maximum absolute atomic E-state index is 4.09. The second kappa shape index (κ2) is 3.25. The fourth-order valence-electron chi connectivity index (χ4n) is 0.694. The zero-order chi connectivity index (χ0) is 7.40. The van der Waals surface area contributed by atoms with E-state index in [-0.39, 0.29) is 0 Å². The zero-order valence-corrected chi connectivity index (χ0v) is 6.33. The van der Waals surface area contributed by atoms with E-state index in [9.17, 15) is 0 Å². The summed E-state index contributed by atoms with van der Waals surface area (Å²) in [6.07, 6.45) is 3.75. The lowest BCUT2D eigenvalue weighted by Crippen LogP contribution is -1.97. The largest absolute Gasteiger partial charge is 0.238 e. The van der Waals surface area contributed by atoms with Crippen LogP contribution in [-0.4, -0.2) is 15.2 Å². The molecule has 0 aliphatic heterocycles. The molecule has 0 bridgehead atoms. The van der Waals surface area contributed by atoms with Crippen LogP contribution in [0.4, 0.5) is 0 Å². The van der Waals surface area contributed by atoms with Crippen LogP contribution in [0.2, 0.25) is 0 Å². The Morgan fingerprint density at radius 1 is 1.40 bits per heavy atom. The van der Waals surface area contributed by atoms with Gasteiger partial charge in [-0.3, -0.25) is 0 Å². The highest BCUT2D eigenvalue weighted by Gasteiger charge is 1.92. The van der Waals surface area contributed by atoms with E-state index >= 15 is 0 Å². The third-order valence-corrected chi connectivity index (χ3v) is 1.20. The number of aryl methyl sites for hydroxylation is 2. The first-order valence-electron chi connectivity index (χ1n) is 3.48. The molecule has 0 aliphatic rings. The molecular formula is C7H11N3. The number of hydrogen-bond donors (Lipinski definition) is 0. The first kappa shape index (κ1) is 7.12. The summed E-state index contributed by atoms with van der Waals surface area (Å²) in [6, 6.07) is 0. The summed E-state index contributed by atoms with van der Waals surface area (Å²) in [4.78, 5) is 4.09. The maximum Gasteiger partial charge on any atom is 0.150 e. The van der Waals surface area contributed by atoms with E-state index in [0.717, 1.165) is 24.4 Å². The van der Waals surface area contributed by atoms with E-state index in [4.69, 9.17) is 0 Å². The number of aromatic nitrogens is 3. The van der Waals surface area contributed by atoms with Crippen LogP contribution in [-0.2, 0) is 6.42 Å². The normalized spacial score (nSPS) is 9.80. The van der Waals surface area contributed by atoms with Crippen molar-refractivity contribution >= 4 is 0 Å². The Balaban J connectivity index is 2.69. The van der Waals surface area contributed by atoms with Crippen molar-refractivity contribution in [2.75, 3.05) is 0 Å². The molecule has 0 amide bonds. The van der Waals surface area contributed by atoms with Gasteiger partial charge in [-0.2, -0.15) is 5.10 Å². The van der Waals surface area contributed by atoms with Gasteiger partial charge in [-0.15, -0.1) is 5.10 Å². The molecule has 0 saturated carbocycles. The van der Waals surface area contributed by atoms with Crippen molar-refractivity contribution in [2.24, 2.45) is 0 Å². The Morgan fingerprint density at radius 2 is 2.20 bits per heavy atom. The third kappa shape index (κ3) is 1.76. The van der Waals surface area contributed by atoms with Gasteiger partial charge in [0.15, 0.2) is 5.82 Å². The van der Waals surface area contributed by atoms with Gasteiger partial charge in [0.25, 0.3) is 0 Å². The first-order chi connectivity index (χ1) is 4.83. The summed E-state index contributed by atoms with van der Waals surface area (Å²) in [6.45, 7) is 3.99. The number of hydrogen-bond acceptors (Lipinski definition) is 3. The van der Waals surface area contributed by atoms with Gasteiger partial charge in [0.1, 0.15) is 0 Å². The molecule has 1 aromatic rings. The van der Waals surface area contributed by atoms with Crippen LogP contribution in [0.5, 0.6) is 0 Å². The summed E-state index contributed by atoms with van der Waals surface area (Å²) < 4.78 is 0. The number of rotatable bonds is 2.